The fourth-order valence-electron chi connectivity index (χ4n) is 12.8. The summed E-state index contributed by atoms with van der Waals surface area (Å²) in [4.78, 5) is 41.5. The minimum atomic E-state index is -0.745. The number of carbonyl (C=O) groups excluding carboxylic acids is 2. The first-order valence-corrected chi connectivity index (χ1v) is 19.5. The molecule has 2 N–H and O–H groups in total. The Morgan fingerprint density at radius 1 is 0.939 bits per heavy atom. The van der Waals surface area contributed by atoms with Crippen LogP contribution in [0, 0.1) is 56.2 Å². The summed E-state index contributed by atoms with van der Waals surface area (Å²) < 4.78 is 11.8. The van der Waals surface area contributed by atoms with Gasteiger partial charge in [-0.15, -0.1) is 0 Å². The number of hydrogen-bond acceptors (Lipinski definition) is 7. The Kier molecular flexibility index (Phi) is 9.60. The molecule has 1 saturated heterocycles. The Labute approximate surface area is 295 Å². The summed E-state index contributed by atoms with van der Waals surface area (Å²) in [6.45, 7) is 20.8. The van der Waals surface area contributed by atoms with Gasteiger partial charge in [-0.25, -0.2) is 0 Å². The van der Waals surface area contributed by atoms with E-state index in [-0.39, 0.29) is 69.3 Å². The predicted molar refractivity (Wildman–Crippen MR) is 189 cm³/mol. The molecule has 0 amide bonds. The van der Waals surface area contributed by atoms with Crippen molar-refractivity contribution in [3.63, 3.8) is 0 Å². The van der Waals surface area contributed by atoms with Crippen LogP contribution >= 0.6 is 0 Å². The Morgan fingerprint density at radius 3 is 2.27 bits per heavy atom. The molecular weight excluding hydrogens is 618 g/mol. The van der Waals surface area contributed by atoms with Crippen molar-refractivity contribution in [1.82, 2.24) is 4.90 Å². The van der Waals surface area contributed by atoms with Gasteiger partial charge in [-0.3, -0.25) is 14.4 Å². The van der Waals surface area contributed by atoms with Crippen LogP contribution < -0.4 is 0 Å². The zero-order valence-corrected chi connectivity index (χ0v) is 31.7. The number of aliphatic carboxylic acids is 1. The average Bonchev–Trinajstić information content (AvgIpc) is 3.02. The highest BCUT2D eigenvalue weighted by Gasteiger charge is 2.70. The van der Waals surface area contributed by atoms with Crippen LogP contribution in [-0.4, -0.2) is 77.9 Å². The van der Waals surface area contributed by atoms with Crippen LogP contribution in [0.2, 0.25) is 0 Å². The van der Waals surface area contributed by atoms with Gasteiger partial charge in [0.15, 0.2) is 5.78 Å². The van der Waals surface area contributed by atoms with E-state index in [4.69, 9.17) is 9.47 Å². The number of ketones is 1. The van der Waals surface area contributed by atoms with E-state index >= 15 is 0 Å². The minimum absolute atomic E-state index is 0.00540. The van der Waals surface area contributed by atoms with E-state index < -0.39 is 17.5 Å². The van der Waals surface area contributed by atoms with Crippen molar-refractivity contribution in [3.05, 3.63) is 11.6 Å². The number of aliphatic hydroxyl groups is 1. The molecule has 0 aromatic heterocycles. The molecule has 1 aliphatic heterocycles. The van der Waals surface area contributed by atoms with Crippen molar-refractivity contribution in [3.8, 4) is 0 Å². The molecule has 0 aromatic rings. The molecule has 6 rings (SSSR count). The minimum Gasteiger partial charge on any atom is -0.481 e. The zero-order valence-electron chi connectivity index (χ0n) is 31.7. The van der Waals surface area contributed by atoms with E-state index in [2.05, 4.69) is 46.4 Å². The maximum absolute atomic E-state index is 14.7. The van der Waals surface area contributed by atoms with Gasteiger partial charge < -0.3 is 24.6 Å². The number of likely N-dealkylation sites (tertiary alicyclic amines) is 1. The van der Waals surface area contributed by atoms with Gasteiger partial charge >= 0.3 is 11.9 Å². The number of carboxylic acids is 1. The molecule has 276 valence electrons. The predicted octanol–water partition coefficient (Wildman–Crippen LogP) is 7.07. The SMILES string of the molecule is CCOC(=O)C1CCN(CC(O)CO[C@H]2CC[C@]3(C)[C@H]4C(=O)C=C5[C@@H]6C[C@@](C)(C(=O)O)CC[C@]6(C)CC[C@@]5(C)[C@]4(C)CC[C@H]3C2(C)C)CC1. The third-order valence-electron chi connectivity index (χ3n) is 16.2. The van der Waals surface area contributed by atoms with Crippen molar-refractivity contribution < 1.29 is 34.1 Å². The van der Waals surface area contributed by atoms with Gasteiger partial charge in [0.2, 0.25) is 0 Å². The van der Waals surface area contributed by atoms with E-state index in [0.717, 1.165) is 70.9 Å². The highest BCUT2D eigenvalue weighted by atomic mass is 16.5. The summed E-state index contributed by atoms with van der Waals surface area (Å²) >= 11 is 0. The fourth-order valence-corrected chi connectivity index (χ4v) is 12.8. The molecule has 5 fully saturated rings. The van der Waals surface area contributed by atoms with E-state index in [1.807, 2.05) is 19.9 Å². The number of carbonyl (C=O) groups is 3. The van der Waals surface area contributed by atoms with Gasteiger partial charge in [0, 0.05) is 12.5 Å². The fraction of sp³-hybridized carbons (Fsp3) is 0.878. The number of rotatable bonds is 8. The lowest BCUT2D eigenvalue weighted by atomic mass is 9.33. The highest BCUT2D eigenvalue weighted by Crippen LogP contribution is 2.75. The first-order chi connectivity index (χ1) is 22.8. The van der Waals surface area contributed by atoms with Crippen LogP contribution in [0.1, 0.15) is 126 Å². The monoisotopic (exact) mass is 683 g/mol. The van der Waals surface area contributed by atoms with Gasteiger partial charge in [0.25, 0.3) is 0 Å². The summed E-state index contributed by atoms with van der Waals surface area (Å²) in [7, 11) is 0. The van der Waals surface area contributed by atoms with Crippen molar-refractivity contribution >= 4 is 17.7 Å². The Bertz CT molecular complexity index is 1350. The average molecular weight is 684 g/mol. The molecule has 1 heterocycles. The van der Waals surface area contributed by atoms with Crippen LogP contribution in [0.3, 0.4) is 0 Å². The molecular formula is C41H65NO7. The lowest BCUT2D eigenvalue weighted by Gasteiger charge is -2.70. The van der Waals surface area contributed by atoms with Crippen molar-refractivity contribution in [2.24, 2.45) is 56.2 Å². The molecule has 6 aliphatic rings. The molecule has 4 saturated carbocycles. The van der Waals surface area contributed by atoms with Gasteiger partial charge in [0.1, 0.15) is 0 Å². The number of piperidine rings is 1. The molecule has 1 unspecified atom stereocenters. The number of fused-ring (bicyclic) bond motifs is 7. The molecule has 5 aliphatic carbocycles. The first kappa shape index (κ1) is 37.0. The Morgan fingerprint density at radius 2 is 1.61 bits per heavy atom. The standard InChI is InChI=1S/C41H65NO7/c1-9-48-34(45)26-12-20-42(21-13-26)24-27(43)25-49-32-11-14-39(6)31(36(32,2)3)10-15-41(8)33(39)30(44)22-28-29-23-38(5,35(46)47)17-16-37(29,4)18-19-40(28,41)7/h22,26-27,29,31-33,43H,9-21,23-25H2,1-8H3,(H,46,47)/t27?,29-,31-,32-,33+,37+,38-,39-,40+,41+/m0/s1. The van der Waals surface area contributed by atoms with Crippen LogP contribution in [-0.2, 0) is 23.9 Å². The van der Waals surface area contributed by atoms with Crippen molar-refractivity contribution in [1.29, 1.82) is 0 Å². The zero-order chi connectivity index (χ0) is 35.8. The van der Waals surface area contributed by atoms with E-state index in [1.54, 1.807) is 0 Å². The first-order valence-electron chi connectivity index (χ1n) is 19.5. The van der Waals surface area contributed by atoms with Crippen molar-refractivity contribution in [2.75, 3.05) is 32.8 Å². The lowest BCUT2D eigenvalue weighted by Crippen LogP contribution is -2.66. The van der Waals surface area contributed by atoms with Crippen LogP contribution in [0.15, 0.2) is 11.6 Å². The summed E-state index contributed by atoms with van der Waals surface area (Å²) in [5.74, 6) is -0.206. The second-order valence-electron chi connectivity index (χ2n) is 19.2. The normalized spacial score (nSPS) is 44.4. The number of esters is 1. The van der Waals surface area contributed by atoms with Gasteiger partial charge in [-0.1, -0.05) is 47.1 Å². The van der Waals surface area contributed by atoms with Gasteiger partial charge in [0.05, 0.1) is 36.8 Å². The number of ether oxygens (including phenoxy) is 2. The Hall–Kier alpha value is -1.77. The molecule has 0 bridgehead atoms. The number of aliphatic hydroxyl groups excluding tert-OH is 1. The topological polar surface area (TPSA) is 113 Å². The maximum atomic E-state index is 14.7. The molecule has 0 radical (unpaired) electrons. The number of β-amino-alcohol motifs (C(OH)–C–C–N with tert-alkyl or cyclic N) is 1. The van der Waals surface area contributed by atoms with Crippen molar-refractivity contribution in [2.45, 2.75) is 138 Å². The Balaban J connectivity index is 1.16. The van der Waals surface area contributed by atoms with Crippen LogP contribution in [0.25, 0.3) is 0 Å². The number of nitrogens with zero attached hydrogens (tertiary/aromatic N) is 1. The summed E-state index contributed by atoms with van der Waals surface area (Å²) in [5.41, 5.74) is -0.0742. The summed E-state index contributed by atoms with van der Waals surface area (Å²) in [6, 6.07) is 0. The van der Waals surface area contributed by atoms with Gasteiger partial charge in [-0.05, 0) is 143 Å². The van der Waals surface area contributed by atoms with Crippen LogP contribution in [0.4, 0.5) is 0 Å². The maximum Gasteiger partial charge on any atom is 0.309 e. The highest BCUT2D eigenvalue weighted by molar-refractivity contribution is 5.95. The van der Waals surface area contributed by atoms with E-state index in [0.29, 0.717) is 31.9 Å². The van der Waals surface area contributed by atoms with E-state index in [1.165, 1.54) is 5.57 Å². The largest absolute Gasteiger partial charge is 0.481 e. The molecule has 8 heteroatoms. The van der Waals surface area contributed by atoms with E-state index in [9.17, 15) is 24.6 Å². The third kappa shape index (κ3) is 5.86. The molecule has 0 spiro atoms. The quantitative estimate of drug-likeness (QED) is 0.261. The molecule has 0 aromatic carbocycles. The molecule has 49 heavy (non-hydrogen) atoms. The summed E-state index contributed by atoms with van der Waals surface area (Å²) in [6.07, 6.45) is 11.2. The number of hydrogen-bond donors (Lipinski definition) is 2. The third-order valence-corrected chi connectivity index (χ3v) is 16.2. The second kappa shape index (κ2) is 12.7. The molecule has 10 atom stereocenters. The molecule has 8 nitrogen and oxygen atoms in total. The lowest BCUT2D eigenvalue weighted by molar-refractivity contribution is -0.212. The van der Waals surface area contributed by atoms with Gasteiger partial charge in [-0.2, -0.15) is 0 Å². The number of carboxylic acid groups (broad SMARTS) is 1. The number of allylic oxidation sites excluding steroid dienone is 2. The smallest absolute Gasteiger partial charge is 0.309 e. The summed E-state index contributed by atoms with van der Waals surface area (Å²) in [5, 5.41) is 21.2. The second-order valence-corrected chi connectivity index (χ2v) is 19.2. The van der Waals surface area contributed by atoms with Crippen LogP contribution in [0.5, 0.6) is 0 Å².